The Morgan fingerprint density at radius 3 is 3.12 bits per heavy atom. The molecule has 0 fully saturated rings. The second kappa shape index (κ2) is 4.25. The van der Waals surface area contributed by atoms with E-state index in [2.05, 4.69) is 15.0 Å². The standard InChI is InChI=1S/C11H12N4O2/c1-6-7-2-3-13-11(7)14-5-8(6)15-9(12)4-10(16)17/h2-3,5H,4H2,1H3,(H2,12,15)(H,13,14)(H,16,17). The molecular formula is C11H12N4O2. The highest BCUT2D eigenvalue weighted by molar-refractivity contribution is 5.97. The Hall–Kier alpha value is -2.37. The first-order chi connectivity index (χ1) is 8.08. The first kappa shape index (κ1) is 11.1. The van der Waals surface area contributed by atoms with Gasteiger partial charge in [0.05, 0.1) is 11.9 Å². The molecule has 0 saturated carbocycles. The van der Waals surface area contributed by atoms with E-state index in [0.29, 0.717) is 5.69 Å². The Bertz CT molecular complexity index is 601. The monoisotopic (exact) mass is 232 g/mol. The van der Waals surface area contributed by atoms with Crippen LogP contribution in [0.4, 0.5) is 5.69 Å². The van der Waals surface area contributed by atoms with Crippen LogP contribution in [-0.2, 0) is 4.79 Å². The average Bonchev–Trinajstić information content (AvgIpc) is 2.69. The summed E-state index contributed by atoms with van der Waals surface area (Å²) in [6.07, 6.45) is 3.09. The third-order valence-electron chi connectivity index (χ3n) is 2.43. The fraction of sp³-hybridized carbons (Fsp3) is 0.182. The Balaban J connectivity index is 2.42. The number of aromatic amines is 1. The number of aromatic nitrogens is 2. The molecule has 0 saturated heterocycles. The Labute approximate surface area is 97.2 Å². The van der Waals surface area contributed by atoms with E-state index in [0.717, 1.165) is 16.6 Å². The quantitative estimate of drug-likeness (QED) is 0.548. The second-order valence-corrected chi connectivity index (χ2v) is 3.68. The van der Waals surface area contributed by atoms with Crippen LogP contribution in [-0.4, -0.2) is 26.9 Å². The van der Waals surface area contributed by atoms with E-state index in [1.54, 1.807) is 12.4 Å². The summed E-state index contributed by atoms with van der Waals surface area (Å²) >= 11 is 0. The number of aliphatic imine (C=N–C) groups is 1. The molecule has 88 valence electrons. The van der Waals surface area contributed by atoms with E-state index in [4.69, 9.17) is 10.8 Å². The zero-order valence-corrected chi connectivity index (χ0v) is 9.27. The highest BCUT2D eigenvalue weighted by Gasteiger charge is 2.06. The number of nitrogens with one attached hydrogen (secondary N) is 1. The molecule has 2 aromatic rings. The number of hydrogen-bond acceptors (Lipinski definition) is 3. The predicted octanol–water partition coefficient (Wildman–Crippen LogP) is 1.33. The van der Waals surface area contributed by atoms with Crippen molar-refractivity contribution in [2.45, 2.75) is 13.3 Å². The fourth-order valence-electron chi connectivity index (χ4n) is 1.59. The van der Waals surface area contributed by atoms with E-state index in [-0.39, 0.29) is 12.3 Å². The topological polar surface area (TPSA) is 104 Å². The van der Waals surface area contributed by atoms with Gasteiger partial charge in [-0.2, -0.15) is 0 Å². The molecular weight excluding hydrogens is 220 g/mol. The van der Waals surface area contributed by atoms with Gasteiger partial charge in [-0.3, -0.25) is 4.79 Å². The van der Waals surface area contributed by atoms with Gasteiger partial charge in [0.2, 0.25) is 0 Å². The summed E-state index contributed by atoms with van der Waals surface area (Å²) in [5.74, 6) is -0.933. The lowest BCUT2D eigenvalue weighted by atomic mass is 10.2. The van der Waals surface area contributed by atoms with E-state index in [9.17, 15) is 4.79 Å². The number of carboxylic acid groups (broad SMARTS) is 1. The van der Waals surface area contributed by atoms with Crippen molar-refractivity contribution < 1.29 is 9.90 Å². The van der Waals surface area contributed by atoms with Gasteiger partial charge in [0.1, 0.15) is 17.9 Å². The summed E-state index contributed by atoms with van der Waals surface area (Å²) < 4.78 is 0. The van der Waals surface area contributed by atoms with Crippen LogP contribution in [0, 0.1) is 6.92 Å². The number of aryl methyl sites for hydroxylation is 1. The third kappa shape index (κ3) is 2.25. The van der Waals surface area contributed by atoms with Gasteiger partial charge >= 0.3 is 5.97 Å². The molecule has 0 aliphatic heterocycles. The number of rotatable bonds is 3. The first-order valence-corrected chi connectivity index (χ1v) is 5.05. The molecule has 0 aromatic carbocycles. The zero-order chi connectivity index (χ0) is 12.4. The minimum absolute atomic E-state index is 0.0669. The number of nitrogens with zero attached hydrogens (tertiary/aromatic N) is 2. The van der Waals surface area contributed by atoms with Gasteiger partial charge < -0.3 is 15.8 Å². The maximum absolute atomic E-state index is 10.5. The lowest BCUT2D eigenvalue weighted by molar-refractivity contribution is -0.135. The van der Waals surface area contributed by atoms with Crippen molar-refractivity contribution >= 4 is 28.5 Å². The van der Waals surface area contributed by atoms with Gasteiger partial charge in [-0.25, -0.2) is 9.98 Å². The number of aliphatic carboxylic acids is 1. The molecule has 0 bridgehead atoms. The van der Waals surface area contributed by atoms with Crippen LogP contribution in [0.25, 0.3) is 11.0 Å². The molecule has 0 spiro atoms. The number of carboxylic acids is 1. The van der Waals surface area contributed by atoms with Crippen molar-refractivity contribution in [3.8, 4) is 0 Å². The number of hydrogen-bond donors (Lipinski definition) is 3. The maximum Gasteiger partial charge on any atom is 0.310 e. The van der Waals surface area contributed by atoms with Crippen molar-refractivity contribution in [1.29, 1.82) is 0 Å². The van der Waals surface area contributed by atoms with Gasteiger partial charge in [0, 0.05) is 11.6 Å². The average molecular weight is 232 g/mol. The van der Waals surface area contributed by atoms with Crippen LogP contribution in [0.3, 0.4) is 0 Å². The van der Waals surface area contributed by atoms with E-state index < -0.39 is 5.97 Å². The molecule has 0 amide bonds. The summed E-state index contributed by atoms with van der Waals surface area (Å²) in [5, 5.41) is 9.54. The summed E-state index contributed by atoms with van der Waals surface area (Å²) in [5.41, 5.74) is 7.82. The number of fused-ring (bicyclic) bond motifs is 1. The normalized spacial score (nSPS) is 11.9. The van der Waals surface area contributed by atoms with Crippen molar-refractivity contribution in [2.75, 3.05) is 0 Å². The van der Waals surface area contributed by atoms with Gasteiger partial charge in [-0.05, 0) is 18.6 Å². The van der Waals surface area contributed by atoms with Gasteiger partial charge in [-0.15, -0.1) is 0 Å². The summed E-state index contributed by atoms with van der Waals surface area (Å²) in [4.78, 5) is 21.7. The van der Waals surface area contributed by atoms with Crippen LogP contribution in [0.15, 0.2) is 23.5 Å². The van der Waals surface area contributed by atoms with Crippen LogP contribution in [0.5, 0.6) is 0 Å². The van der Waals surface area contributed by atoms with Crippen molar-refractivity contribution in [3.63, 3.8) is 0 Å². The zero-order valence-electron chi connectivity index (χ0n) is 9.27. The summed E-state index contributed by atoms with van der Waals surface area (Å²) in [7, 11) is 0. The van der Waals surface area contributed by atoms with Crippen molar-refractivity contribution in [3.05, 3.63) is 24.0 Å². The number of H-pyrrole nitrogens is 1. The van der Waals surface area contributed by atoms with Crippen LogP contribution in [0.1, 0.15) is 12.0 Å². The number of carbonyl (C=O) groups is 1. The SMILES string of the molecule is Cc1c(/N=C(\N)CC(=O)O)cnc2[nH]ccc12. The lowest BCUT2D eigenvalue weighted by Gasteiger charge is -2.02. The molecule has 0 atom stereocenters. The van der Waals surface area contributed by atoms with Crippen LogP contribution >= 0.6 is 0 Å². The van der Waals surface area contributed by atoms with Crippen LogP contribution < -0.4 is 5.73 Å². The van der Waals surface area contributed by atoms with E-state index in [1.807, 2.05) is 13.0 Å². The molecule has 2 aromatic heterocycles. The smallest absolute Gasteiger partial charge is 0.310 e. The third-order valence-corrected chi connectivity index (χ3v) is 2.43. The Morgan fingerprint density at radius 1 is 1.65 bits per heavy atom. The molecule has 2 rings (SSSR count). The molecule has 6 nitrogen and oxygen atoms in total. The molecule has 6 heteroatoms. The van der Waals surface area contributed by atoms with E-state index in [1.165, 1.54) is 0 Å². The lowest BCUT2D eigenvalue weighted by Crippen LogP contribution is -2.16. The minimum atomic E-state index is -1.00. The van der Waals surface area contributed by atoms with Crippen molar-refractivity contribution in [1.82, 2.24) is 9.97 Å². The van der Waals surface area contributed by atoms with Crippen LogP contribution in [0.2, 0.25) is 0 Å². The van der Waals surface area contributed by atoms with Gasteiger partial charge in [0.15, 0.2) is 0 Å². The number of amidine groups is 1. The molecule has 2 heterocycles. The summed E-state index contributed by atoms with van der Waals surface area (Å²) in [6.45, 7) is 1.89. The highest BCUT2D eigenvalue weighted by atomic mass is 16.4. The Morgan fingerprint density at radius 2 is 2.41 bits per heavy atom. The van der Waals surface area contributed by atoms with E-state index >= 15 is 0 Å². The largest absolute Gasteiger partial charge is 0.481 e. The van der Waals surface area contributed by atoms with Crippen molar-refractivity contribution in [2.24, 2.45) is 10.7 Å². The minimum Gasteiger partial charge on any atom is -0.481 e. The fourth-order valence-corrected chi connectivity index (χ4v) is 1.59. The predicted molar refractivity (Wildman–Crippen MR) is 64.4 cm³/mol. The molecule has 0 aliphatic rings. The maximum atomic E-state index is 10.5. The number of pyridine rings is 1. The molecule has 17 heavy (non-hydrogen) atoms. The first-order valence-electron chi connectivity index (χ1n) is 5.05. The van der Waals surface area contributed by atoms with Gasteiger partial charge in [0.25, 0.3) is 0 Å². The van der Waals surface area contributed by atoms with Gasteiger partial charge in [-0.1, -0.05) is 0 Å². The Kier molecular flexibility index (Phi) is 2.78. The molecule has 0 aliphatic carbocycles. The summed E-state index contributed by atoms with van der Waals surface area (Å²) in [6, 6.07) is 1.89. The molecule has 4 N–H and O–H groups in total. The molecule has 0 unspecified atom stereocenters. The molecule has 0 radical (unpaired) electrons. The highest BCUT2D eigenvalue weighted by Crippen LogP contribution is 2.24. The second-order valence-electron chi connectivity index (χ2n) is 3.68. The number of nitrogens with two attached hydrogens (primary N) is 1.